The normalized spacial score (nSPS) is 12.8. The van der Waals surface area contributed by atoms with E-state index in [1.165, 1.54) is 0 Å². The van der Waals surface area contributed by atoms with Gasteiger partial charge in [0.1, 0.15) is 0 Å². The highest BCUT2D eigenvalue weighted by Crippen LogP contribution is 2.09. The Morgan fingerprint density at radius 3 is 2.65 bits per heavy atom. The maximum absolute atomic E-state index is 11.7. The van der Waals surface area contributed by atoms with Crippen LogP contribution in [0.25, 0.3) is 6.08 Å². The summed E-state index contributed by atoms with van der Waals surface area (Å²) < 4.78 is 4.95. The fraction of sp³-hybridized carbons (Fsp3) is 0.357. The van der Waals surface area contributed by atoms with Crippen LogP contribution in [0.1, 0.15) is 18.9 Å². The van der Waals surface area contributed by atoms with E-state index >= 15 is 0 Å². The second-order valence-corrected chi connectivity index (χ2v) is 4.08. The molecule has 0 fully saturated rings. The second-order valence-electron chi connectivity index (χ2n) is 4.08. The number of carbonyl (C=O) groups excluding carboxylic acids is 1. The van der Waals surface area contributed by atoms with Crippen LogP contribution in [-0.4, -0.2) is 19.5 Å². The summed E-state index contributed by atoms with van der Waals surface area (Å²) in [6.45, 7) is 2.53. The molecule has 0 amide bonds. The van der Waals surface area contributed by atoms with E-state index in [2.05, 4.69) is 0 Å². The standard InChI is InChI=1S/C14H19NO2/c1-11(9-10-17-2)14(16)8-5-12-3-6-13(15)7-4-12/h3-8,11H,9-10,15H2,1-2H3/b8-5+. The minimum Gasteiger partial charge on any atom is -0.399 e. The van der Waals surface area contributed by atoms with Gasteiger partial charge in [0.05, 0.1) is 0 Å². The van der Waals surface area contributed by atoms with Crippen molar-refractivity contribution >= 4 is 17.5 Å². The number of anilines is 1. The van der Waals surface area contributed by atoms with Gasteiger partial charge in [0, 0.05) is 25.3 Å². The molecule has 17 heavy (non-hydrogen) atoms. The lowest BCUT2D eigenvalue weighted by Gasteiger charge is -2.05. The van der Waals surface area contributed by atoms with Gasteiger partial charge in [0.25, 0.3) is 0 Å². The van der Waals surface area contributed by atoms with E-state index in [9.17, 15) is 4.79 Å². The summed E-state index contributed by atoms with van der Waals surface area (Å²) in [5.74, 6) is 0.124. The number of nitrogens with two attached hydrogens (primary N) is 1. The van der Waals surface area contributed by atoms with Gasteiger partial charge >= 0.3 is 0 Å². The fourth-order valence-corrected chi connectivity index (χ4v) is 1.39. The summed E-state index contributed by atoms with van der Waals surface area (Å²) in [5, 5.41) is 0. The number of carbonyl (C=O) groups is 1. The third-order valence-electron chi connectivity index (χ3n) is 2.62. The van der Waals surface area contributed by atoms with Crippen LogP contribution in [0, 0.1) is 5.92 Å². The molecule has 3 heteroatoms. The molecule has 0 aliphatic heterocycles. The topological polar surface area (TPSA) is 52.3 Å². The molecular formula is C14H19NO2. The van der Waals surface area contributed by atoms with E-state index in [1.807, 2.05) is 37.3 Å². The lowest BCUT2D eigenvalue weighted by Crippen LogP contribution is -2.10. The van der Waals surface area contributed by atoms with Crippen molar-refractivity contribution in [3.05, 3.63) is 35.9 Å². The molecule has 0 saturated heterocycles. The highest BCUT2D eigenvalue weighted by molar-refractivity contribution is 5.95. The van der Waals surface area contributed by atoms with Crippen molar-refractivity contribution in [1.82, 2.24) is 0 Å². The van der Waals surface area contributed by atoms with Crippen molar-refractivity contribution in [1.29, 1.82) is 0 Å². The molecule has 3 nitrogen and oxygen atoms in total. The molecule has 1 aromatic carbocycles. The summed E-state index contributed by atoms with van der Waals surface area (Å²) in [6.07, 6.45) is 4.18. The summed E-state index contributed by atoms with van der Waals surface area (Å²) in [4.78, 5) is 11.7. The first-order valence-corrected chi connectivity index (χ1v) is 5.70. The Hall–Kier alpha value is -1.61. The maximum atomic E-state index is 11.7. The molecule has 0 radical (unpaired) electrons. The van der Waals surface area contributed by atoms with Gasteiger partial charge in [-0.15, -0.1) is 0 Å². The number of ketones is 1. The second kappa shape index (κ2) is 6.86. The Kier molecular flexibility index (Phi) is 5.43. The summed E-state index contributed by atoms with van der Waals surface area (Å²) >= 11 is 0. The lowest BCUT2D eigenvalue weighted by molar-refractivity contribution is -0.118. The zero-order chi connectivity index (χ0) is 12.7. The van der Waals surface area contributed by atoms with Crippen molar-refractivity contribution in [3.63, 3.8) is 0 Å². The molecular weight excluding hydrogens is 214 g/mol. The van der Waals surface area contributed by atoms with Gasteiger partial charge in [0.15, 0.2) is 5.78 Å². The van der Waals surface area contributed by atoms with E-state index in [0.717, 1.165) is 17.7 Å². The smallest absolute Gasteiger partial charge is 0.158 e. The molecule has 1 unspecified atom stereocenters. The van der Waals surface area contributed by atoms with Crippen LogP contribution in [-0.2, 0) is 9.53 Å². The van der Waals surface area contributed by atoms with Crippen molar-refractivity contribution in [2.24, 2.45) is 5.92 Å². The van der Waals surface area contributed by atoms with E-state index < -0.39 is 0 Å². The Morgan fingerprint density at radius 1 is 1.41 bits per heavy atom. The fourth-order valence-electron chi connectivity index (χ4n) is 1.39. The van der Waals surface area contributed by atoms with Crippen LogP contribution in [0.3, 0.4) is 0 Å². The van der Waals surface area contributed by atoms with Gasteiger partial charge in [-0.05, 0) is 30.2 Å². The Labute approximate surface area is 102 Å². The van der Waals surface area contributed by atoms with Crippen LogP contribution in [0.15, 0.2) is 30.3 Å². The predicted molar refractivity (Wildman–Crippen MR) is 70.6 cm³/mol. The SMILES string of the molecule is COCCC(C)C(=O)/C=C/c1ccc(N)cc1. The largest absolute Gasteiger partial charge is 0.399 e. The lowest BCUT2D eigenvalue weighted by atomic mass is 10.0. The van der Waals surface area contributed by atoms with E-state index in [0.29, 0.717) is 6.61 Å². The molecule has 2 N–H and O–H groups in total. The first kappa shape index (κ1) is 13.5. The van der Waals surface area contributed by atoms with Crippen LogP contribution < -0.4 is 5.73 Å². The van der Waals surface area contributed by atoms with Crippen LogP contribution in [0.5, 0.6) is 0 Å². The highest BCUT2D eigenvalue weighted by Gasteiger charge is 2.08. The molecule has 1 rings (SSSR count). The molecule has 0 spiro atoms. The number of rotatable bonds is 6. The predicted octanol–water partition coefficient (Wildman–Crippen LogP) is 2.52. The summed E-state index contributed by atoms with van der Waals surface area (Å²) in [7, 11) is 1.64. The number of methoxy groups -OCH3 is 1. The molecule has 1 atom stereocenters. The van der Waals surface area contributed by atoms with Crippen LogP contribution in [0.2, 0.25) is 0 Å². The quantitative estimate of drug-likeness (QED) is 0.606. The maximum Gasteiger partial charge on any atom is 0.158 e. The molecule has 0 saturated carbocycles. The zero-order valence-electron chi connectivity index (χ0n) is 10.3. The molecule has 0 bridgehead atoms. The van der Waals surface area contributed by atoms with Crippen molar-refractivity contribution in [2.45, 2.75) is 13.3 Å². The Bertz CT molecular complexity index is 382. The molecule has 0 aliphatic rings. The van der Waals surface area contributed by atoms with Crippen molar-refractivity contribution in [3.8, 4) is 0 Å². The molecule has 0 aromatic heterocycles. The van der Waals surface area contributed by atoms with E-state index in [4.69, 9.17) is 10.5 Å². The van der Waals surface area contributed by atoms with E-state index in [1.54, 1.807) is 13.2 Å². The monoisotopic (exact) mass is 233 g/mol. The zero-order valence-corrected chi connectivity index (χ0v) is 10.3. The minimum absolute atomic E-state index is 0.0000170. The summed E-state index contributed by atoms with van der Waals surface area (Å²) in [5.41, 5.74) is 7.28. The number of benzene rings is 1. The number of nitrogen functional groups attached to an aromatic ring is 1. The number of allylic oxidation sites excluding steroid dienone is 1. The average molecular weight is 233 g/mol. The van der Waals surface area contributed by atoms with Gasteiger partial charge in [-0.3, -0.25) is 4.79 Å². The number of ether oxygens (including phenoxy) is 1. The van der Waals surface area contributed by atoms with Gasteiger partial charge in [-0.2, -0.15) is 0 Å². The van der Waals surface area contributed by atoms with Crippen molar-refractivity contribution in [2.75, 3.05) is 19.5 Å². The molecule has 92 valence electrons. The number of hydrogen-bond donors (Lipinski definition) is 1. The summed E-state index contributed by atoms with van der Waals surface area (Å²) in [6, 6.07) is 7.41. The highest BCUT2D eigenvalue weighted by atomic mass is 16.5. The van der Waals surface area contributed by atoms with Gasteiger partial charge in [-0.1, -0.05) is 25.1 Å². The molecule has 0 heterocycles. The Balaban J connectivity index is 2.52. The molecule has 0 aliphatic carbocycles. The molecule has 1 aromatic rings. The third-order valence-corrected chi connectivity index (χ3v) is 2.62. The Morgan fingerprint density at radius 2 is 2.06 bits per heavy atom. The first-order valence-electron chi connectivity index (χ1n) is 5.70. The third kappa shape index (κ3) is 4.83. The minimum atomic E-state index is -0.0000170. The van der Waals surface area contributed by atoms with Gasteiger partial charge < -0.3 is 10.5 Å². The first-order chi connectivity index (χ1) is 8.13. The average Bonchev–Trinajstić information content (AvgIpc) is 2.34. The van der Waals surface area contributed by atoms with Gasteiger partial charge in [0.2, 0.25) is 0 Å². The van der Waals surface area contributed by atoms with Crippen LogP contribution in [0.4, 0.5) is 5.69 Å². The van der Waals surface area contributed by atoms with Crippen molar-refractivity contribution < 1.29 is 9.53 Å². The number of hydrogen-bond acceptors (Lipinski definition) is 3. The van der Waals surface area contributed by atoms with Gasteiger partial charge in [-0.25, -0.2) is 0 Å². The van der Waals surface area contributed by atoms with Crippen LogP contribution >= 0.6 is 0 Å². The van der Waals surface area contributed by atoms with E-state index in [-0.39, 0.29) is 11.7 Å².